The molecule has 1 amide bonds. The van der Waals surface area contributed by atoms with Gasteiger partial charge >= 0.3 is 0 Å². The Morgan fingerprint density at radius 3 is 2.94 bits per heavy atom. The Labute approximate surface area is 116 Å². The number of amides is 1. The Hall–Kier alpha value is -0.520. The van der Waals surface area contributed by atoms with Crippen LogP contribution >= 0.6 is 23.1 Å². The fourth-order valence-electron chi connectivity index (χ4n) is 1.95. The van der Waals surface area contributed by atoms with Crippen molar-refractivity contribution in [3.05, 3.63) is 22.4 Å². The van der Waals surface area contributed by atoms with E-state index in [1.54, 1.807) is 23.1 Å². The van der Waals surface area contributed by atoms with E-state index < -0.39 is 11.0 Å². The molecule has 1 aromatic heterocycles. The molecule has 0 bridgehead atoms. The van der Waals surface area contributed by atoms with Crippen molar-refractivity contribution in [1.29, 1.82) is 0 Å². The van der Waals surface area contributed by atoms with Gasteiger partial charge in [-0.25, -0.2) is 0 Å². The van der Waals surface area contributed by atoms with Gasteiger partial charge in [0.1, 0.15) is 0 Å². The fraction of sp³-hybridized carbons (Fsp3) is 0.615. The number of aliphatic hydroxyl groups is 1. The molecule has 2 rings (SSSR count). The molecule has 18 heavy (non-hydrogen) atoms. The summed E-state index contributed by atoms with van der Waals surface area (Å²) >= 11 is 3.33. The molecule has 0 aliphatic carbocycles. The lowest BCUT2D eigenvalue weighted by molar-refractivity contribution is -0.126. The summed E-state index contributed by atoms with van der Waals surface area (Å²) in [6.45, 7) is 4.19. The number of carbonyl (C=O) groups is 1. The Balaban J connectivity index is 1.95. The molecule has 1 aliphatic heterocycles. The van der Waals surface area contributed by atoms with Crippen LogP contribution < -0.4 is 5.32 Å². The van der Waals surface area contributed by atoms with E-state index in [4.69, 9.17) is 0 Å². The molecule has 1 aromatic rings. The van der Waals surface area contributed by atoms with Gasteiger partial charge in [0.05, 0.1) is 11.0 Å². The first-order valence-corrected chi connectivity index (χ1v) is 8.10. The highest BCUT2D eigenvalue weighted by Crippen LogP contribution is 2.29. The number of thiophene rings is 1. The minimum absolute atomic E-state index is 0.0183. The van der Waals surface area contributed by atoms with E-state index in [-0.39, 0.29) is 5.91 Å². The van der Waals surface area contributed by atoms with E-state index in [0.717, 1.165) is 17.1 Å². The Morgan fingerprint density at radius 2 is 2.39 bits per heavy atom. The van der Waals surface area contributed by atoms with Gasteiger partial charge in [-0.2, -0.15) is 11.8 Å². The summed E-state index contributed by atoms with van der Waals surface area (Å²) in [5.74, 6) is 1.67. The van der Waals surface area contributed by atoms with Crippen LogP contribution in [0.15, 0.2) is 17.5 Å². The average Bonchev–Trinajstić information content (AvgIpc) is 2.97. The van der Waals surface area contributed by atoms with Crippen LogP contribution in [0.2, 0.25) is 0 Å². The Bertz CT molecular complexity index is 409. The second-order valence-electron chi connectivity index (χ2n) is 5.31. The van der Waals surface area contributed by atoms with E-state index in [2.05, 4.69) is 5.32 Å². The maximum Gasteiger partial charge on any atom is 0.231 e. The minimum atomic E-state index is -0.716. The second kappa shape index (κ2) is 5.23. The molecule has 0 aromatic carbocycles. The normalized spacial score (nSPS) is 24.2. The lowest BCUT2D eigenvalue weighted by Crippen LogP contribution is -2.48. The molecule has 1 aliphatic rings. The van der Waals surface area contributed by atoms with Gasteiger partial charge in [-0.3, -0.25) is 4.79 Å². The van der Waals surface area contributed by atoms with Crippen LogP contribution in [0.25, 0.3) is 0 Å². The van der Waals surface area contributed by atoms with Crippen LogP contribution in [0.3, 0.4) is 0 Å². The summed E-state index contributed by atoms with van der Waals surface area (Å²) in [4.78, 5) is 13.3. The summed E-state index contributed by atoms with van der Waals surface area (Å²) < 4.78 is 0. The molecule has 1 atom stereocenters. The van der Waals surface area contributed by atoms with E-state index >= 15 is 0 Å². The standard InChI is InChI=1S/C13H19NO2S2/c1-12(2,10-4-3-6-18-10)11(15)14-8-13(16)5-7-17-9-13/h3-4,6,16H,5,7-9H2,1-2H3,(H,14,15). The van der Waals surface area contributed by atoms with Crippen LogP contribution in [0.4, 0.5) is 0 Å². The molecule has 3 nitrogen and oxygen atoms in total. The molecule has 1 saturated heterocycles. The van der Waals surface area contributed by atoms with Gasteiger partial charge in [-0.15, -0.1) is 11.3 Å². The molecular weight excluding hydrogens is 266 g/mol. The maximum atomic E-state index is 12.2. The van der Waals surface area contributed by atoms with Crippen molar-refractivity contribution < 1.29 is 9.90 Å². The fourth-order valence-corrected chi connectivity index (χ4v) is 4.09. The van der Waals surface area contributed by atoms with E-state index in [1.165, 1.54) is 0 Å². The summed E-state index contributed by atoms with van der Waals surface area (Å²) in [6, 6.07) is 3.93. The van der Waals surface area contributed by atoms with Crippen LogP contribution in [-0.2, 0) is 10.2 Å². The van der Waals surface area contributed by atoms with Crippen LogP contribution in [0.1, 0.15) is 25.1 Å². The number of carbonyl (C=O) groups excluding carboxylic acids is 1. The summed E-state index contributed by atoms with van der Waals surface area (Å²) in [5, 5.41) is 15.1. The van der Waals surface area contributed by atoms with E-state index in [1.807, 2.05) is 31.4 Å². The third kappa shape index (κ3) is 2.90. The SMILES string of the molecule is CC(C)(C(=O)NCC1(O)CCSC1)c1cccs1. The molecular formula is C13H19NO2S2. The Morgan fingerprint density at radius 1 is 1.61 bits per heavy atom. The lowest BCUT2D eigenvalue weighted by Gasteiger charge is -2.26. The number of rotatable bonds is 4. The number of thioether (sulfide) groups is 1. The topological polar surface area (TPSA) is 49.3 Å². The number of hydrogen-bond donors (Lipinski definition) is 2. The molecule has 1 unspecified atom stereocenters. The van der Waals surface area contributed by atoms with Crippen molar-refractivity contribution in [1.82, 2.24) is 5.32 Å². The first-order chi connectivity index (χ1) is 8.44. The number of hydrogen-bond acceptors (Lipinski definition) is 4. The van der Waals surface area contributed by atoms with E-state index in [0.29, 0.717) is 12.3 Å². The zero-order valence-electron chi connectivity index (χ0n) is 10.7. The van der Waals surface area contributed by atoms with Crippen molar-refractivity contribution >= 4 is 29.0 Å². The summed E-state index contributed by atoms with van der Waals surface area (Å²) in [6.07, 6.45) is 0.761. The minimum Gasteiger partial charge on any atom is -0.387 e. The highest BCUT2D eigenvalue weighted by Gasteiger charge is 2.35. The van der Waals surface area contributed by atoms with Crippen molar-refractivity contribution in [3.63, 3.8) is 0 Å². The van der Waals surface area contributed by atoms with Gasteiger partial charge in [0.2, 0.25) is 5.91 Å². The summed E-state index contributed by atoms with van der Waals surface area (Å²) in [7, 11) is 0. The second-order valence-corrected chi connectivity index (χ2v) is 7.36. The monoisotopic (exact) mass is 285 g/mol. The smallest absolute Gasteiger partial charge is 0.231 e. The maximum absolute atomic E-state index is 12.2. The first-order valence-electron chi connectivity index (χ1n) is 6.06. The van der Waals surface area contributed by atoms with Gasteiger partial charge < -0.3 is 10.4 Å². The molecule has 0 saturated carbocycles. The zero-order chi connectivity index (χ0) is 13.2. The third-order valence-electron chi connectivity index (χ3n) is 3.37. The predicted molar refractivity (Wildman–Crippen MR) is 77.2 cm³/mol. The summed E-state index contributed by atoms with van der Waals surface area (Å²) in [5.41, 5.74) is -1.25. The third-order valence-corrected chi connectivity index (χ3v) is 5.79. The van der Waals surface area contributed by atoms with Gasteiger partial charge in [0, 0.05) is 17.2 Å². The molecule has 100 valence electrons. The zero-order valence-corrected chi connectivity index (χ0v) is 12.4. The molecule has 1 fully saturated rings. The van der Waals surface area contributed by atoms with Gasteiger partial charge in [0.15, 0.2) is 0 Å². The van der Waals surface area contributed by atoms with Gasteiger partial charge in [0.25, 0.3) is 0 Å². The molecule has 0 spiro atoms. The van der Waals surface area contributed by atoms with Gasteiger partial charge in [-0.05, 0) is 37.5 Å². The highest BCUT2D eigenvalue weighted by molar-refractivity contribution is 7.99. The highest BCUT2D eigenvalue weighted by atomic mass is 32.2. The first kappa shape index (κ1) is 13.9. The van der Waals surface area contributed by atoms with E-state index in [9.17, 15) is 9.90 Å². The van der Waals surface area contributed by atoms with Crippen molar-refractivity contribution in [2.45, 2.75) is 31.3 Å². The largest absolute Gasteiger partial charge is 0.387 e. The Kier molecular flexibility index (Phi) is 4.04. The molecule has 2 N–H and O–H groups in total. The van der Waals surface area contributed by atoms with Crippen LogP contribution in [0.5, 0.6) is 0 Å². The van der Waals surface area contributed by atoms with Crippen molar-refractivity contribution in [3.8, 4) is 0 Å². The number of nitrogens with one attached hydrogen (secondary N) is 1. The quantitative estimate of drug-likeness (QED) is 0.890. The average molecular weight is 285 g/mol. The molecule has 2 heterocycles. The van der Waals surface area contributed by atoms with Crippen LogP contribution in [0, 0.1) is 0 Å². The van der Waals surface area contributed by atoms with Crippen LogP contribution in [-0.4, -0.2) is 34.7 Å². The molecule has 0 radical (unpaired) electrons. The predicted octanol–water partition coefficient (Wildman–Crippen LogP) is 2.01. The molecule has 5 heteroatoms. The van der Waals surface area contributed by atoms with Crippen molar-refractivity contribution in [2.75, 3.05) is 18.1 Å². The lowest BCUT2D eigenvalue weighted by atomic mass is 9.90. The van der Waals surface area contributed by atoms with Crippen molar-refractivity contribution in [2.24, 2.45) is 0 Å². The van der Waals surface area contributed by atoms with Gasteiger partial charge in [-0.1, -0.05) is 6.07 Å².